The Kier molecular flexibility index (Phi) is 5.30. The van der Waals surface area contributed by atoms with Gasteiger partial charge in [-0.15, -0.1) is 0 Å². The summed E-state index contributed by atoms with van der Waals surface area (Å²) in [7, 11) is 0. The molecule has 1 N–H and O–H groups in total. The van der Waals surface area contributed by atoms with Crippen LogP contribution >= 0.6 is 0 Å². The molecule has 1 fully saturated rings. The number of hydrogen-bond donors (Lipinski definition) is 1. The number of carbonyl (C=O) groups excluding carboxylic acids is 2. The molecular weight excluding hydrogens is 328 g/mol. The first-order valence-electron chi connectivity index (χ1n) is 9.09. The van der Waals surface area contributed by atoms with Crippen LogP contribution in [0.1, 0.15) is 28.7 Å². The number of urea groups is 1. The van der Waals surface area contributed by atoms with E-state index in [0.29, 0.717) is 32.7 Å². The van der Waals surface area contributed by atoms with Gasteiger partial charge in [-0.05, 0) is 39.0 Å². The average molecular weight is 354 g/mol. The summed E-state index contributed by atoms with van der Waals surface area (Å²) in [5.74, 6) is 0.0378. The summed E-state index contributed by atoms with van der Waals surface area (Å²) in [6.45, 7) is 8.77. The number of rotatable bonds is 3. The van der Waals surface area contributed by atoms with Gasteiger partial charge in [0, 0.05) is 49.8 Å². The smallest absolute Gasteiger partial charge is 0.317 e. The second-order valence-electron chi connectivity index (χ2n) is 6.57. The van der Waals surface area contributed by atoms with Gasteiger partial charge in [0.1, 0.15) is 0 Å². The number of amides is 3. The van der Waals surface area contributed by atoms with Crippen LogP contribution in [0, 0.1) is 13.8 Å². The number of hydrogen-bond acceptors (Lipinski definition) is 2. The number of aromatic nitrogens is 1. The molecular formula is C20H26N4O2. The van der Waals surface area contributed by atoms with Gasteiger partial charge >= 0.3 is 6.03 Å². The van der Waals surface area contributed by atoms with Crippen LogP contribution in [0.4, 0.5) is 4.79 Å². The first-order chi connectivity index (χ1) is 12.5. The van der Waals surface area contributed by atoms with Crippen LogP contribution in [0.2, 0.25) is 0 Å². The molecule has 1 aliphatic rings. The molecule has 26 heavy (non-hydrogen) atoms. The van der Waals surface area contributed by atoms with Gasteiger partial charge in [0.25, 0.3) is 5.91 Å². The molecule has 6 nitrogen and oxygen atoms in total. The summed E-state index contributed by atoms with van der Waals surface area (Å²) in [6, 6.07) is 12.0. The van der Waals surface area contributed by atoms with Crippen molar-refractivity contribution in [2.45, 2.75) is 20.8 Å². The van der Waals surface area contributed by atoms with E-state index < -0.39 is 0 Å². The molecule has 0 saturated carbocycles. The van der Waals surface area contributed by atoms with Crippen molar-refractivity contribution in [1.29, 1.82) is 0 Å². The van der Waals surface area contributed by atoms with Gasteiger partial charge < -0.3 is 19.7 Å². The fraction of sp³-hybridized carbons (Fsp3) is 0.400. The van der Waals surface area contributed by atoms with E-state index in [0.717, 1.165) is 22.6 Å². The number of para-hydroxylation sites is 1. The van der Waals surface area contributed by atoms with Crippen LogP contribution in [0.5, 0.6) is 0 Å². The molecule has 2 aromatic rings. The van der Waals surface area contributed by atoms with E-state index in [1.54, 1.807) is 4.90 Å². The van der Waals surface area contributed by atoms with Gasteiger partial charge in [0.2, 0.25) is 0 Å². The molecule has 0 spiro atoms. The summed E-state index contributed by atoms with van der Waals surface area (Å²) >= 11 is 0. The van der Waals surface area contributed by atoms with Crippen molar-refractivity contribution in [2.75, 3.05) is 32.7 Å². The molecule has 0 radical (unpaired) electrons. The molecule has 3 amide bonds. The van der Waals surface area contributed by atoms with Crippen molar-refractivity contribution >= 4 is 11.9 Å². The molecule has 3 rings (SSSR count). The SMILES string of the molecule is CCNC(=O)N1CCN(C(=O)c2cc(C)n(-c3ccccc3)c2C)CC1. The average Bonchev–Trinajstić information content (AvgIpc) is 2.96. The first kappa shape index (κ1) is 18.0. The topological polar surface area (TPSA) is 57.6 Å². The lowest BCUT2D eigenvalue weighted by molar-refractivity contribution is 0.0664. The molecule has 1 aromatic carbocycles. The van der Waals surface area contributed by atoms with Gasteiger partial charge in [-0.25, -0.2) is 4.79 Å². The third-order valence-electron chi connectivity index (χ3n) is 4.86. The molecule has 0 bridgehead atoms. The minimum atomic E-state index is -0.0538. The molecule has 0 unspecified atom stereocenters. The Bertz CT molecular complexity index is 790. The quantitative estimate of drug-likeness (QED) is 0.921. The van der Waals surface area contributed by atoms with Crippen molar-refractivity contribution in [3.63, 3.8) is 0 Å². The monoisotopic (exact) mass is 354 g/mol. The summed E-state index contributed by atoms with van der Waals surface area (Å²) in [5, 5.41) is 2.81. The normalized spacial score (nSPS) is 14.4. The lowest BCUT2D eigenvalue weighted by atomic mass is 10.2. The molecule has 0 aliphatic carbocycles. The fourth-order valence-electron chi connectivity index (χ4n) is 3.50. The van der Waals surface area contributed by atoms with Crippen molar-refractivity contribution < 1.29 is 9.59 Å². The van der Waals surface area contributed by atoms with Gasteiger partial charge in [-0.3, -0.25) is 4.79 Å². The van der Waals surface area contributed by atoms with Crippen LogP contribution in [0.3, 0.4) is 0 Å². The Balaban J connectivity index is 1.75. The second kappa shape index (κ2) is 7.64. The summed E-state index contributed by atoms with van der Waals surface area (Å²) < 4.78 is 2.11. The van der Waals surface area contributed by atoms with Crippen molar-refractivity contribution in [2.24, 2.45) is 0 Å². The minimum absolute atomic E-state index is 0.0378. The second-order valence-corrected chi connectivity index (χ2v) is 6.57. The Hall–Kier alpha value is -2.76. The Labute approximate surface area is 154 Å². The fourth-order valence-corrected chi connectivity index (χ4v) is 3.50. The van der Waals surface area contributed by atoms with Crippen LogP contribution in [0.15, 0.2) is 36.4 Å². The highest BCUT2D eigenvalue weighted by molar-refractivity contribution is 5.96. The Morgan fingerprint density at radius 2 is 1.62 bits per heavy atom. The van der Waals surface area contributed by atoms with Crippen molar-refractivity contribution in [1.82, 2.24) is 19.7 Å². The lowest BCUT2D eigenvalue weighted by Crippen LogP contribution is -2.53. The molecule has 138 valence electrons. The number of nitrogens with one attached hydrogen (secondary N) is 1. The molecule has 2 heterocycles. The van der Waals surface area contributed by atoms with E-state index in [2.05, 4.69) is 9.88 Å². The third-order valence-corrected chi connectivity index (χ3v) is 4.86. The maximum atomic E-state index is 13.0. The molecule has 1 aliphatic heterocycles. The zero-order valence-electron chi connectivity index (χ0n) is 15.7. The van der Waals surface area contributed by atoms with Crippen LogP contribution in [0.25, 0.3) is 5.69 Å². The number of piperazine rings is 1. The van der Waals surface area contributed by atoms with Crippen LogP contribution in [-0.2, 0) is 0 Å². The van der Waals surface area contributed by atoms with E-state index in [1.165, 1.54) is 0 Å². The number of carbonyl (C=O) groups is 2. The van der Waals surface area contributed by atoms with Gasteiger partial charge in [-0.1, -0.05) is 18.2 Å². The van der Waals surface area contributed by atoms with Crippen LogP contribution in [-0.4, -0.2) is 59.0 Å². The Morgan fingerprint density at radius 1 is 1.00 bits per heavy atom. The van der Waals surface area contributed by atoms with Gasteiger partial charge in [-0.2, -0.15) is 0 Å². The van der Waals surface area contributed by atoms with Crippen molar-refractivity contribution in [3.05, 3.63) is 53.3 Å². The van der Waals surface area contributed by atoms with E-state index in [-0.39, 0.29) is 11.9 Å². The number of aryl methyl sites for hydroxylation is 1. The summed E-state index contributed by atoms with van der Waals surface area (Å²) in [4.78, 5) is 28.5. The first-order valence-corrected chi connectivity index (χ1v) is 9.09. The predicted octanol–water partition coefficient (Wildman–Crippen LogP) is 2.58. The molecule has 1 aromatic heterocycles. The maximum Gasteiger partial charge on any atom is 0.317 e. The number of nitrogens with zero attached hydrogens (tertiary/aromatic N) is 3. The predicted molar refractivity (Wildman–Crippen MR) is 102 cm³/mol. The summed E-state index contributed by atoms with van der Waals surface area (Å²) in [5.41, 5.74) is 3.78. The molecule has 1 saturated heterocycles. The standard InChI is InChI=1S/C20H26N4O2/c1-4-21-20(26)23-12-10-22(11-13-23)19(25)18-14-15(2)24(16(18)3)17-8-6-5-7-9-17/h5-9,14H,4,10-13H2,1-3H3,(H,21,26). The largest absolute Gasteiger partial charge is 0.338 e. The van der Waals surface area contributed by atoms with E-state index in [9.17, 15) is 9.59 Å². The zero-order valence-corrected chi connectivity index (χ0v) is 15.7. The molecule has 0 atom stereocenters. The highest BCUT2D eigenvalue weighted by Crippen LogP contribution is 2.22. The highest BCUT2D eigenvalue weighted by atomic mass is 16.2. The minimum Gasteiger partial charge on any atom is -0.338 e. The Morgan fingerprint density at radius 3 is 2.23 bits per heavy atom. The van der Waals surface area contributed by atoms with Gasteiger partial charge in [0.05, 0.1) is 5.56 Å². The van der Waals surface area contributed by atoms with E-state index in [1.807, 2.05) is 62.1 Å². The van der Waals surface area contributed by atoms with Crippen LogP contribution < -0.4 is 5.32 Å². The lowest BCUT2D eigenvalue weighted by Gasteiger charge is -2.34. The van der Waals surface area contributed by atoms with E-state index >= 15 is 0 Å². The third kappa shape index (κ3) is 3.45. The maximum absolute atomic E-state index is 13.0. The summed E-state index contributed by atoms with van der Waals surface area (Å²) in [6.07, 6.45) is 0. The van der Waals surface area contributed by atoms with Crippen molar-refractivity contribution in [3.8, 4) is 5.69 Å². The molecule has 6 heteroatoms. The zero-order chi connectivity index (χ0) is 18.7. The van der Waals surface area contributed by atoms with Gasteiger partial charge in [0.15, 0.2) is 0 Å². The van der Waals surface area contributed by atoms with E-state index in [4.69, 9.17) is 0 Å². The highest BCUT2D eigenvalue weighted by Gasteiger charge is 2.27. The number of benzene rings is 1.